The van der Waals surface area contributed by atoms with Crippen LogP contribution in [0.2, 0.25) is 0 Å². The molecule has 0 amide bonds. The molecule has 0 atom stereocenters. The van der Waals surface area contributed by atoms with Crippen molar-refractivity contribution in [1.29, 1.82) is 0 Å². The monoisotopic (exact) mass is 347 g/mol. The van der Waals surface area contributed by atoms with Crippen LogP contribution in [-0.2, 0) is 0 Å². The van der Waals surface area contributed by atoms with Crippen molar-refractivity contribution >= 4 is 29.1 Å². The Balaban J connectivity index is 2.03. The van der Waals surface area contributed by atoms with E-state index in [1.807, 2.05) is 12.4 Å². The molecule has 0 saturated carbocycles. The summed E-state index contributed by atoms with van der Waals surface area (Å²) in [5, 5.41) is 0. The molecule has 126 valence electrons. The van der Waals surface area contributed by atoms with Crippen molar-refractivity contribution in [2.75, 3.05) is 4.90 Å². The van der Waals surface area contributed by atoms with Gasteiger partial charge in [-0.25, -0.2) is 9.97 Å². The number of nitrogens with zero attached hydrogens (tertiary/aromatic N) is 3. The Morgan fingerprint density at radius 2 is 1.16 bits per heavy atom. The van der Waals surface area contributed by atoms with Gasteiger partial charge in [0.25, 0.3) is 0 Å². The van der Waals surface area contributed by atoms with Gasteiger partial charge in [-0.3, -0.25) is 4.90 Å². The van der Waals surface area contributed by atoms with Gasteiger partial charge in [0, 0.05) is 12.4 Å². The first-order chi connectivity index (χ1) is 11.9. The van der Waals surface area contributed by atoms with E-state index in [-0.39, 0.29) is 0 Å². The highest BCUT2D eigenvalue weighted by atomic mass is 32.2. The standard InChI is InChI=1S/C21H21N3S/c1-12-6-15(4)19(16(5)7-12)24-20-17(8-13(2)10-22-20)25-18-9-14(3)11-23-21(18)24/h6-11H,1-5H3. The Bertz CT molecular complexity index is 920. The van der Waals surface area contributed by atoms with Gasteiger partial charge < -0.3 is 0 Å². The van der Waals surface area contributed by atoms with Crippen LogP contribution in [-0.4, -0.2) is 9.97 Å². The highest BCUT2D eigenvalue weighted by Crippen LogP contribution is 2.51. The number of rotatable bonds is 1. The molecule has 2 aromatic heterocycles. The molecule has 3 aromatic rings. The summed E-state index contributed by atoms with van der Waals surface area (Å²) in [5.41, 5.74) is 7.29. The molecule has 3 nitrogen and oxygen atoms in total. The van der Waals surface area contributed by atoms with Crippen LogP contribution in [0.15, 0.2) is 46.5 Å². The second-order valence-corrected chi connectivity index (χ2v) is 7.94. The number of anilines is 3. The largest absolute Gasteiger partial charge is 0.277 e. The third-order valence-electron chi connectivity index (χ3n) is 4.44. The molecule has 0 bridgehead atoms. The molecule has 0 N–H and O–H groups in total. The van der Waals surface area contributed by atoms with E-state index in [0.717, 1.165) is 11.6 Å². The van der Waals surface area contributed by atoms with Gasteiger partial charge in [0.1, 0.15) is 0 Å². The van der Waals surface area contributed by atoms with Gasteiger partial charge in [-0.2, -0.15) is 0 Å². The van der Waals surface area contributed by atoms with Crippen LogP contribution in [0, 0.1) is 34.6 Å². The molecule has 4 heteroatoms. The lowest BCUT2D eigenvalue weighted by Gasteiger charge is -2.33. The number of hydrogen-bond acceptors (Lipinski definition) is 4. The Morgan fingerprint density at radius 1 is 0.680 bits per heavy atom. The Hall–Kier alpha value is -2.33. The second kappa shape index (κ2) is 5.88. The zero-order valence-corrected chi connectivity index (χ0v) is 16.0. The summed E-state index contributed by atoms with van der Waals surface area (Å²) in [5.74, 6) is 1.93. The van der Waals surface area contributed by atoms with Gasteiger partial charge in [0.15, 0.2) is 11.6 Å². The molecule has 0 spiro atoms. The molecule has 25 heavy (non-hydrogen) atoms. The predicted molar refractivity (Wildman–Crippen MR) is 105 cm³/mol. The zero-order chi connectivity index (χ0) is 17.7. The summed E-state index contributed by atoms with van der Waals surface area (Å²) >= 11 is 1.76. The van der Waals surface area contributed by atoms with Crippen LogP contribution in [0.25, 0.3) is 0 Å². The maximum Gasteiger partial charge on any atom is 0.152 e. The SMILES string of the molecule is Cc1cc(C)c(N2c3ncc(C)cc3Sc3cc(C)cnc32)c(C)c1. The van der Waals surface area contributed by atoms with E-state index in [1.54, 1.807) is 11.8 Å². The lowest BCUT2D eigenvalue weighted by atomic mass is 10.0. The van der Waals surface area contributed by atoms with Gasteiger partial charge in [-0.1, -0.05) is 29.5 Å². The molecule has 0 unspecified atom stereocenters. The number of aromatic nitrogens is 2. The maximum absolute atomic E-state index is 4.77. The smallest absolute Gasteiger partial charge is 0.152 e. The van der Waals surface area contributed by atoms with Crippen molar-refractivity contribution in [3.8, 4) is 0 Å². The summed E-state index contributed by atoms with van der Waals surface area (Å²) in [6.45, 7) is 10.6. The number of hydrogen-bond donors (Lipinski definition) is 0. The van der Waals surface area contributed by atoms with E-state index < -0.39 is 0 Å². The molecular formula is C21H21N3S. The van der Waals surface area contributed by atoms with Crippen molar-refractivity contribution in [3.63, 3.8) is 0 Å². The van der Waals surface area contributed by atoms with E-state index in [2.05, 4.69) is 63.8 Å². The van der Waals surface area contributed by atoms with E-state index in [4.69, 9.17) is 9.97 Å². The van der Waals surface area contributed by atoms with Crippen LogP contribution < -0.4 is 4.90 Å². The van der Waals surface area contributed by atoms with Crippen molar-refractivity contribution in [1.82, 2.24) is 9.97 Å². The first kappa shape index (κ1) is 16.2. The first-order valence-corrected chi connectivity index (χ1v) is 9.25. The van der Waals surface area contributed by atoms with Crippen LogP contribution in [0.5, 0.6) is 0 Å². The Kier molecular flexibility index (Phi) is 3.80. The van der Waals surface area contributed by atoms with E-state index in [9.17, 15) is 0 Å². The van der Waals surface area contributed by atoms with Crippen LogP contribution in [0.3, 0.4) is 0 Å². The minimum atomic E-state index is 0.967. The van der Waals surface area contributed by atoms with Gasteiger partial charge in [-0.05, 0) is 69.0 Å². The summed E-state index contributed by atoms with van der Waals surface area (Å²) in [6.07, 6.45) is 3.87. The molecule has 0 saturated heterocycles. The number of fused-ring (bicyclic) bond motifs is 2. The van der Waals surface area contributed by atoms with E-state index in [1.165, 1.54) is 43.3 Å². The van der Waals surface area contributed by atoms with Gasteiger partial charge in [-0.15, -0.1) is 0 Å². The fourth-order valence-electron chi connectivity index (χ4n) is 3.51. The molecule has 0 aliphatic carbocycles. The van der Waals surface area contributed by atoms with Crippen LogP contribution >= 0.6 is 11.8 Å². The predicted octanol–water partition coefficient (Wildman–Crippen LogP) is 5.95. The average molecular weight is 347 g/mol. The normalized spacial score (nSPS) is 12.8. The van der Waals surface area contributed by atoms with E-state index in [0.29, 0.717) is 0 Å². The first-order valence-electron chi connectivity index (χ1n) is 8.43. The fourth-order valence-corrected chi connectivity index (χ4v) is 4.71. The van der Waals surface area contributed by atoms with Gasteiger partial charge in [0.2, 0.25) is 0 Å². The number of benzene rings is 1. The van der Waals surface area contributed by atoms with Gasteiger partial charge in [0.05, 0.1) is 15.5 Å². The fraction of sp³-hybridized carbons (Fsp3) is 0.238. The summed E-state index contributed by atoms with van der Waals surface area (Å²) < 4.78 is 0. The lowest BCUT2D eigenvalue weighted by Crippen LogP contribution is -2.20. The average Bonchev–Trinajstić information content (AvgIpc) is 2.52. The van der Waals surface area contributed by atoms with Crippen LogP contribution in [0.1, 0.15) is 27.8 Å². The van der Waals surface area contributed by atoms with Crippen molar-refractivity contribution in [2.24, 2.45) is 0 Å². The van der Waals surface area contributed by atoms with Crippen molar-refractivity contribution in [3.05, 3.63) is 64.5 Å². The minimum absolute atomic E-state index is 0.967. The molecule has 3 heterocycles. The highest BCUT2D eigenvalue weighted by molar-refractivity contribution is 7.99. The van der Waals surface area contributed by atoms with Crippen LogP contribution in [0.4, 0.5) is 17.3 Å². The zero-order valence-electron chi connectivity index (χ0n) is 15.2. The number of aryl methyl sites for hydroxylation is 5. The molecule has 1 aliphatic heterocycles. The molecule has 1 aromatic carbocycles. The maximum atomic E-state index is 4.77. The summed E-state index contributed by atoms with van der Waals surface area (Å²) in [6, 6.07) is 8.88. The molecule has 0 radical (unpaired) electrons. The van der Waals surface area contributed by atoms with Crippen molar-refractivity contribution in [2.45, 2.75) is 44.4 Å². The minimum Gasteiger partial charge on any atom is -0.277 e. The number of pyridine rings is 2. The Labute approximate surface area is 153 Å². The molecular weight excluding hydrogens is 326 g/mol. The van der Waals surface area contributed by atoms with Crippen molar-refractivity contribution < 1.29 is 0 Å². The topological polar surface area (TPSA) is 29.0 Å². The third-order valence-corrected chi connectivity index (χ3v) is 5.48. The quantitative estimate of drug-likeness (QED) is 0.425. The highest BCUT2D eigenvalue weighted by Gasteiger charge is 2.29. The van der Waals surface area contributed by atoms with Gasteiger partial charge >= 0.3 is 0 Å². The molecule has 0 fully saturated rings. The molecule has 1 aliphatic rings. The van der Waals surface area contributed by atoms with E-state index >= 15 is 0 Å². The summed E-state index contributed by atoms with van der Waals surface area (Å²) in [7, 11) is 0. The molecule has 4 rings (SSSR count). The Morgan fingerprint density at radius 3 is 1.64 bits per heavy atom. The summed E-state index contributed by atoms with van der Waals surface area (Å²) in [4.78, 5) is 14.1. The lowest BCUT2D eigenvalue weighted by molar-refractivity contribution is 1.01. The third kappa shape index (κ3) is 2.71. The second-order valence-electron chi connectivity index (χ2n) is 6.85.